The van der Waals surface area contributed by atoms with Gasteiger partial charge >= 0.3 is 0 Å². The van der Waals surface area contributed by atoms with Crippen LogP contribution in [-0.2, 0) is 9.59 Å². The minimum Gasteiger partial charge on any atom is -0.493 e. The molecule has 1 aliphatic heterocycles. The fourth-order valence-corrected chi connectivity index (χ4v) is 4.65. The second kappa shape index (κ2) is 10.5. The summed E-state index contributed by atoms with van der Waals surface area (Å²) in [7, 11) is 1.52. The van der Waals surface area contributed by atoms with Crippen molar-refractivity contribution >= 4 is 57.6 Å². The topological polar surface area (TPSA) is 67.9 Å². The van der Waals surface area contributed by atoms with Crippen LogP contribution in [0.15, 0.2) is 77.7 Å². The number of nitrogens with one attached hydrogen (secondary N) is 1. The first kappa shape index (κ1) is 23.5. The van der Waals surface area contributed by atoms with Crippen molar-refractivity contribution in [3.05, 3.63) is 88.8 Å². The first-order chi connectivity index (χ1) is 16.5. The van der Waals surface area contributed by atoms with Gasteiger partial charge in [0.05, 0.1) is 17.7 Å². The summed E-state index contributed by atoms with van der Waals surface area (Å²) in [6.07, 6.45) is 1.76. The average molecular weight is 491 g/mol. The molecule has 3 aromatic rings. The van der Waals surface area contributed by atoms with Crippen molar-refractivity contribution in [3.63, 3.8) is 0 Å². The van der Waals surface area contributed by atoms with Gasteiger partial charge < -0.3 is 14.8 Å². The van der Waals surface area contributed by atoms with Crippen molar-refractivity contribution in [1.82, 2.24) is 0 Å². The number of thiocarbonyl (C=S) groups is 1. The Balaban J connectivity index is 1.45. The molecule has 1 aliphatic rings. The molecule has 0 saturated carbocycles. The lowest BCUT2D eigenvalue weighted by Gasteiger charge is -2.14. The van der Waals surface area contributed by atoms with Crippen LogP contribution < -0.4 is 19.7 Å². The van der Waals surface area contributed by atoms with Crippen molar-refractivity contribution in [2.45, 2.75) is 6.92 Å². The largest absolute Gasteiger partial charge is 0.493 e. The van der Waals surface area contributed by atoms with Crippen molar-refractivity contribution < 1.29 is 19.1 Å². The molecule has 0 unspecified atom stereocenters. The molecule has 0 aromatic heterocycles. The number of amides is 2. The maximum absolute atomic E-state index is 12.9. The SMILES string of the molecule is COc1cc(C=C2SC(=S)N(c3ccccc3)C2=O)ccc1OCC(=O)Nc1ccccc1C. The summed E-state index contributed by atoms with van der Waals surface area (Å²) in [5.41, 5.74) is 3.20. The van der Waals surface area contributed by atoms with E-state index >= 15 is 0 Å². The number of aryl methyl sites for hydroxylation is 1. The number of thioether (sulfide) groups is 1. The smallest absolute Gasteiger partial charge is 0.270 e. The third kappa shape index (κ3) is 5.30. The van der Waals surface area contributed by atoms with E-state index in [2.05, 4.69) is 5.32 Å². The van der Waals surface area contributed by atoms with Crippen LogP contribution in [-0.4, -0.2) is 29.9 Å². The predicted octanol–water partition coefficient (Wildman–Crippen LogP) is 5.43. The Hall–Kier alpha value is -3.62. The third-order valence-electron chi connectivity index (χ3n) is 5.07. The molecule has 3 aromatic carbocycles. The Kier molecular flexibility index (Phi) is 7.30. The summed E-state index contributed by atoms with van der Waals surface area (Å²) < 4.78 is 11.6. The average Bonchev–Trinajstić information content (AvgIpc) is 3.12. The molecular weight excluding hydrogens is 468 g/mol. The minimum absolute atomic E-state index is 0.167. The van der Waals surface area contributed by atoms with Gasteiger partial charge in [0.1, 0.15) is 0 Å². The quantitative estimate of drug-likeness (QED) is 0.352. The number of carbonyl (C=O) groups is 2. The van der Waals surface area contributed by atoms with E-state index in [1.165, 1.54) is 23.8 Å². The molecule has 1 fully saturated rings. The van der Waals surface area contributed by atoms with E-state index in [0.29, 0.717) is 20.7 Å². The number of ether oxygens (including phenoxy) is 2. The van der Waals surface area contributed by atoms with Crippen LogP contribution >= 0.6 is 24.0 Å². The molecule has 0 radical (unpaired) electrons. The van der Waals surface area contributed by atoms with Crippen molar-refractivity contribution in [3.8, 4) is 11.5 Å². The first-order valence-electron chi connectivity index (χ1n) is 10.5. The van der Waals surface area contributed by atoms with Crippen LogP contribution in [0.4, 0.5) is 11.4 Å². The zero-order chi connectivity index (χ0) is 24.1. The Morgan fingerprint density at radius 2 is 1.79 bits per heavy atom. The van der Waals surface area contributed by atoms with Crippen LogP contribution in [0.2, 0.25) is 0 Å². The summed E-state index contributed by atoms with van der Waals surface area (Å²) in [6.45, 7) is 1.76. The van der Waals surface area contributed by atoms with Gasteiger partial charge in [-0.3, -0.25) is 14.5 Å². The van der Waals surface area contributed by atoms with Gasteiger partial charge in [0.15, 0.2) is 22.4 Å². The Labute approximate surface area is 207 Å². The van der Waals surface area contributed by atoms with E-state index in [4.69, 9.17) is 21.7 Å². The summed E-state index contributed by atoms with van der Waals surface area (Å²) >= 11 is 6.67. The number of anilines is 2. The van der Waals surface area contributed by atoms with Gasteiger partial charge in [-0.1, -0.05) is 66.4 Å². The van der Waals surface area contributed by atoms with Gasteiger partial charge in [0, 0.05) is 5.69 Å². The van der Waals surface area contributed by atoms with E-state index in [9.17, 15) is 9.59 Å². The third-order valence-corrected chi connectivity index (χ3v) is 6.37. The number of benzene rings is 3. The van der Waals surface area contributed by atoms with E-state index in [-0.39, 0.29) is 18.4 Å². The summed E-state index contributed by atoms with van der Waals surface area (Å²) in [6, 6.07) is 22.1. The molecule has 6 nitrogen and oxygen atoms in total. The molecule has 1 saturated heterocycles. The van der Waals surface area contributed by atoms with Gasteiger partial charge in [0.25, 0.3) is 11.8 Å². The molecule has 172 valence electrons. The fraction of sp³-hybridized carbons (Fsp3) is 0.115. The van der Waals surface area contributed by atoms with Gasteiger partial charge in [0.2, 0.25) is 0 Å². The highest BCUT2D eigenvalue weighted by atomic mass is 32.2. The number of methoxy groups -OCH3 is 1. The Bertz CT molecular complexity index is 1270. The number of rotatable bonds is 7. The van der Waals surface area contributed by atoms with Crippen molar-refractivity contribution in [1.29, 1.82) is 0 Å². The zero-order valence-electron chi connectivity index (χ0n) is 18.6. The van der Waals surface area contributed by atoms with Gasteiger partial charge in [-0.25, -0.2) is 0 Å². The van der Waals surface area contributed by atoms with Crippen LogP contribution in [0, 0.1) is 6.92 Å². The number of nitrogens with zero attached hydrogens (tertiary/aromatic N) is 1. The minimum atomic E-state index is -0.273. The molecule has 2 amide bonds. The standard InChI is InChI=1S/C26H22N2O4S2/c1-17-8-6-7-11-20(17)27-24(29)16-32-21-13-12-18(14-22(21)31-2)15-23-25(30)28(26(33)34-23)19-9-4-3-5-10-19/h3-15H,16H2,1-2H3,(H,27,29). The van der Waals surface area contributed by atoms with Crippen molar-refractivity contribution in [2.24, 2.45) is 0 Å². The highest BCUT2D eigenvalue weighted by Crippen LogP contribution is 2.37. The van der Waals surface area contributed by atoms with E-state index in [0.717, 1.165) is 22.5 Å². The van der Waals surface area contributed by atoms with E-state index in [1.807, 2.05) is 61.5 Å². The molecule has 4 rings (SSSR count). The second-order valence-electron chi connectivity index (χ2n) is 7.41. The highest BCUT2D eigenvalue weighted by molar-refractivity contribution is 8.27. The summed E-state index contributed by atoms with van der Waals surface area (Å²) in [4.78, 5) is 27.3. The second-order valence-corrected chi connectivity index (χ2v) is 9.09. The molecular formula is C26H22N2O4S2. The van der Waals surface area contributed by atoms with Gasteiger partial charge in [-0.05, 0) is 54.5 Å². The maximum atomic E-state index is 12.9. The summed E-state index contributed by atoms with van der Waals surface area (Å²) in [5, 5.41) is 2.83. The monoisotopic (exact) mass is 490 g/mol. The normalized spacial score (nSPS) is 14.4. The molecule has 1 N–H and O–H groups in total. The van der Waals surface area contributed by atoms with Crippen LogP contribution in [0.5, 0.6) is 11.5 Å². The number of para-hydroxylation sites is 2. The molecule has 0 atom stereocenters. The molecule has 0 bridgehead atoms. The maximum Gasteiger partial charge on any atom is 0.270 e. The van der Waals surface area contributed by atoms with Gasteiger partial charge in [-0.2, -0.15) is 0 Å². The Morgan fingerprint density at radius 3 is 2.53 bits per heavy atom. The summed E-state index contributed by atoms with van der Waals surface area (Å²) in [5.74, 6) is 0.436. The number of carbonyl (C=O) groups excluding carboxylic acids is 2. The molecule has 34 heavy (non-hydrogen) atoms. The highest BCUT2D eigenvalue weighted by Gasteiger charge is 2.33. The number of hydrogen-bond acceptors (Lipinski definition) is 6. The van der Waals surface area contributed by atoms with Crippen molar-refractivity contribution in [2.75, 3.05) is 23.9 Å². The predicted molar refractivity (Wildman–Crippen MR) is 140 cm³/mol. The van der Waals surface area contributed by atoms with Crippen LogP contribution in [0.25, 0.3) is 6.08 Å². The lowest BCUT2D eigenvalue weighted by Crippen LogP contribution is -2.27. The lowest BCUT2D eigenvalue weighted by molar-refractivity contribution is -0.118. The molecule has 0 spiro atoms. The van der Waals surface area contributed by atoms with Crippen LogP contribution in [0.3, 0.4) is 0 Å². The molecule has 1 heterocycles. The molecule has 8 heteroatoms. The lowest BCUT2D eigenvalue weighted by atomic mass is 10.1. The van der Waals surface area contributed by atoms with E-state index < -0.39 is 0 Å². The zero-order valence-corrected chi connectivity index (χ0v) is 20.2. The first-order valence-corrected chi connectivity index (χ1v) is 11.7. The Morgan fingerprint density at radius 1 is 1.06 bits per heavy atom. The van der Waals surface area contributed by atoms with E-state index in [1.54, 1.807) is 24.3 Å². The van der Waals surface area contributed by atoms with Crippen LogP contribution in [0.1, 0.15) is 11.1 Å². The fourth-order valence-electron chi connectivity index (χ4n) is 3.35. The molecule has 0 aliphatic carbocycles. The van der Waals surface area contributed by atoms with Gasteiger partial charge in [-0.15, -0.1) is 0 Å². The number of hydrogen-bond donors (Lipinski definition) is 1.